The lowest BCUT2D eigenvalue weighted by molar-refractivity contribution is 0.152. The fourth-order valence-electron chi connectivity index (χ4n) is 2.64. The van der Waals surface area contributed by atoms with Gasteiger partial charge in [-0.25, -0.2) is 0 Å². The Morgan fingerprint density at radius 1 is 1.44 bits per heavy atom. The number of piperidine rings is 1. The Morgan fingerprint density at radius 2 is 2.22 bits per heavy atom. The molecule has 0 aromatic carbocycles. The van der Waals surface area contributed by atoms with Crippen LogP contribution < -0.4 is 5.73 Å². The standard InChI is InChI=1S/C14H26N4/c1-11(2)18-8-6-14(16-18)10-17-7-4-5-13(9-17)12(3)15/h6,8,11-13H,4-5,7,9-10,15H2,1-3H3. The fourth-order valence-corrected chi connectivity index (χ4v) is 2.64. The van der Waals surface area contributed by atoms with Crippen LogP contribution in [0.2, 0.25) is 0 Å². The summed E-state index contributed by atoms with van der Waals surface area (Å²) in [6.45, 7) is 9.70. The van der Waals surface area contributed by atoms with Gasteiger partial charge >= 0.3 is 0 Å². The first-order valence-corrected chi connectivity index (χ1v) is 7.08. The van der Waals surface area contributed by atoms with Gasteiger partial charge in [-0.05, 0) is 52.1 Å². The molecule has 2 unspecified atom stereocenters. The first kappa shape index (κ1) is 13.6. The largest absolute Gasteiger partial charge is 0.328 e. The normalized spacial score (nSPS) is 23.5. The molecule has 0 saturated carbocycles. The second-order valence-electron chi connectivity index (χ2n) is 5.88. The molecule has 0 spiro atoms. The van der Waals surface area contributed by atoms with E-state index in [1.807, 2.05) is 4.68 Å². The summed E-state index contributed by atoms with van der Waals surface area (Å²) in [5, 5.41) is 4.62. The molecule has 1 aliphatic heterocycles. The number of nitrogens with two attached hydrogens (primary N) is 1. The first-order chi connectivity index (χ1) is 8.56. The van der Waals surface area contributed by atoms with E-state index in [1.54, 1.807) is 0 Å². The molecule has 18 heavy (non-hydrogen) atoms. The summed E-state index contributed by atoms with van der Waals surface area (Å²) in [4.78, 5) is 2.49. The second kappa shape index (κ2) is 5.85. The summed E-state index contributed by atoms with van der Waals surface area (Å²) < 4.78 is 2.03. The van der Waals surface area contributed by atoms with Crippen molar-refractivity contribution in [2.24, 2.45) is 11.7 Å². The molecule has 1 saturated heterocycles. The maximum absolute atomic E-state index is 6.02. The van der Waals surface area contributed by atoms with E-state index in [-0.39, 0.29) is 0 Å². The highest BCUT2D eigenvalue weighted by atomic mass is 15.3. The molecule has 1 aliphatic rings. The molecule has 4 heteroatoms. The monoisotopic (exact) mass is 250 g/mol. The van der Waals surface area contributed by atoms with E-state index < -0.39 is 0 Å². The van der Waals surface area contributed by atoms with Crippen LogP contribution in [-0.2, 0) is 6.54 Å². The van der Waals surface area contributed by atoms with Crippen molar-refractivity contribution in [1.82, 2.24) is 14.7 Å². The Labute approximate surface area is 110 Å². The van der Waals surface area contributed by atoms with Crippen molar-refractivity contribution in [3.63, 3.8) is 0 Å². The second-order valence-corrected chi connectivity index (χ2v) is 5.88. The number of hydrogen-bond donors (Lipinski definition) is 1. The SMILES string of the molecule is CC(N)C1CCCN(Cc2ccn(C(C)C)n2)C1. The maximum atomic E-state index is 6.02. The topological polar surface area (TPSA) is 47.1 Å². The summed E-state index contributed by atoms with van der Waals surface area (Å²) in [7, 11) is 0. The Hall–Kier alpha value is -0.870. The van der Waals surface area contributed by atoms with Crippen LogP contribution in [0.25, 0.3) is 0 Å². The molecule has 0 radical (unpaired) electrons. The highest BCUT2D eigenvalue weighted by Crippen LogP contribution is 2.20. The molecule has 2 atom stereocenters. The molecule has 1 fully saturated rings. The van der Waals surface area contributed by atoms with E-state index in [0.717, 1.165) is 13.1 Å². The van der Waals surface area contributed by atoms with Gasteiger partial charge in [-0.2, -0.15) is 5.10 Å². The number of hydrogen-bond acceptors (Lipinski definition) is 3. The summed E-state index contributed by atoms with van der Waals surface area (Å²) >= 11 is 0. The van der Waals surface area contributed by atoms with E-state index in [2.05, 4.69) is 43.0 Å². The lowest BCUT2D eigenvalue weighted by atomic mass is 9.92. The molecule has 0 aliphatic carbocycles. The summed E-state index contributed by atoms with van der Waals surface area (Å²) in [5.74, 6) is 0.644. The van der Waals surface area contributed by atoms with Crippen molar-refractivity contribution < 1.29 is 0 Å². The zero-order valence-corrected chi connectivity index (χ0v) is 11.8. The van der Waals surface area contributed by atoms with Crippen LogP contribution in [0.5, 0.6) is 0 Å². The summed E-state index contributed by atoms with van der Waals surface area (Å²) in [5.41, 5.74) is 7.20. The lowest BCUT2D eigenvalue weighted by Crippen LogP contribution is -2.42. The molecule has 102 valence electrons. The van der Waals surface area contributed by atoms with Gasteiger partial charge in [0.15, 0.2) is 0 Å². The molecule has 2 heterocycles. The Bertz CT molecular complexity index is 370. The maximum Gasteiger partial charge on any atom is 0.0764 e. The number of aromatic nitrogens is 2. The van der Waals surface area contributed by atoms with Gasteiger partial charge < -0.3 is 5.73 Å². The number of likely N-dealkylation sites (tertiary alicyclic amines) is 1. The van der Waals surface area contributed by atoms with Gasteiger partial charge in [0.2, 0.25) is 0 Å². The number of nitrogens with zero attached hydrogens (tertiary/aromatic N) is 3. The average molecular weight is 250 g/mol. The van der Waals surface area contributed by atoms with Gasteiger partial charge in [0.25, 0.3) is 0 Å². The van der Waals surface area contributed by atoms with Gasteiger partial charge in [-0.15, -0.1) is 0 Å². The Morgan fingerprint density at radius 3 is 2.83 bits per heavy atom. The minimum Gasteiger partial charge on any atom is -0.328 e. The van der Waals surface area contributed by atoms with Crippen LogP contribution in [0.15, 0.2) is 12.3 Å². The molecule has 2 rings (SSSR count). The highest BCUT2D eigenvalue weighted by molar-refractivity contribution is 5.00. The van der Waals surface area contributed by atoms with Crippen LogP contribution in [0.3, 0.4) is 0 Å². The highest BCUT2D eigenvalue weighted by Gasteiger charge is 2.23. The third kappa shape index (κ3) is 3.33. The van der Waals surface area contributed by atoms with E-state index >= 15 is 0 Å². The van der Waals surface area contributed by atoms with Crippen LogP contribution >= 0.6 is 0 Å². The lowest BCUT2D eigenvalue weighted by Gasteiger charge is -2.34. The molecule has 1 aromatic heterocycles. The summed E-state index contributed by atoms with van der Waals surface area (Å²) in [6, 6.07) is 2.88. The van der Waals surface area contributed by atoms with Gasteiger partial charge in [-0.3, -0.25) is 9.58 Å². The van der Waals surface area contributed by atoms with Crippen molar-refractivity contribution in [2.75, 3.05) is 13.1 Å². The zero-order chi connectivity index (χ0) is 13.1. The number of rotatable bonds is 4. The van der Waals surface area contributed by atoms with E-state index in [1.165, 1.54) is 25.1 Å². The predicted octanol–water partition coefficient (Wildman–Crippen LogP) is 2.02. The smallest absolute Gasteiger partial charge is 0.0764 e. The Balaban J connectivity index is 1.92. The van der Waals surface area contributed by atoms with Gasteiger partial charge in [0.1, 0.15) is 0 Å². The van der Waals surface area contributed by atoms with E-state index in [9.17, 15) is 0 Å². The van der Waals surface area contributed by atoms with Crippen LogP contribution in [0.4, 0.5) is 0 Å². The summed E-state index contributed by atoms with van der Waals surface area (Å²) in [6.07, 6.45) is 4.61. The van der Waals surface area contributed by atoms with Crippen molar-refractivity contribution in [1.29, 1.82) is 0 Å². The van der Waals surface area contributed by atoms with Gasteiger partial charge in [0.05, 0.1) is 5.69 Å². The van der Waals surface area contributed by atoms with E-state index in [4.69, 9.17) is 5.73 Å². The van der Waals surface area contributed by atoms with Crippen LogP contribution in [0, 0.1) is 5.92 Å². The molecular weight excluding hydrogens is 224 g/mol. The quantitative estimate of drug-likeness (QED) is 0.889. The van der Waals surface area contributed by atoms with Crippen molar-refractivity contribution >= 4 is 0 Å². The molecule has 0 bridgehead atoms. The van der Waals surface area contributed by atoms with Crippen molar-refractivity contribution in [3.8, 4) is 0 Å². The molecule has 1 aromatic rings. The fraction of sp³-hybridized carbons (Fsp3) is 0.786. The van der Waals surface area contributed by atoms with Gasteiger partial charge in [0, 0.05) is 31.4 Å². The minimum atomic E-state index is 0.307. The third-order valence-electron chi connectivity index (χ3n) is 3.86. The predicted molar refractivity (Wildman–Crippen MR) is 74.3 cm³/mol. The Kier molecular flexibility index (Phi) is 4.40. The molecule has 4 nitrogen and oxygen atoms in total. The average Bonchev–Trinajstić information content (AvgIpc) is 2.78. The molecule has 2 N–H and O–H groups in total. The van der Waals surface area contributed by atoms with Gasteiger partial charge in [-0.1, -0.05) is 0 Å². The van der Waals surface area contributed by atoms with E-state index in [0.29, 0.717) is 18.0 Å². The van der Waals surface area contributed by atoms with Crippen LogP contribution in [-0.4, -0.2) is 33.8 Å². The van der Waals surface area contributed by atoms with Crippen molar-refractivity contribution in [3.05, 3.63) is 18.0 Å². The van der Waals surface area contributed by atoms with Crippen LogP contribution in [0.1, 0.15) is 45.3 Å². The van der Waals surface area contributed by atoms with Crippen molar-refractivity contribution in [2.45, 2.75) is 52.2 Å². The third-order valence-corrected chi connectivity index (χ3v) is 3.86. The zero-order valence-electron chi connectivity index (χ0n) is 11.8. The first-order valence-electron chi connectivity index (χ1n) is 7.08. The molecule has 0 amide bonds. The minimum absolute atomic E-state index is 0.307. The molecular formula is C14H26N4.